The molecular formula is C17H32N4O. The minimum atomic E-state index is 0.115. The molecule has 1 heterocycles. The summed E-state index contributed by atoms with van der Waals surface area (Å²) in [4.78, 5) is 13.8. The largest absolute Gasteiger partial charge is 0.355 e. The second-order valence-electron chi connectivity index (χ2n) is 6.84. The van der Waals surface area contributed by atoms with Crippen molar-refractivity contribution < 1.29 is 4.79 Å². The number of aromatic nitrogens is 2. The van der Waals surface area contributed by atoms with Crippen molar-refractivity contribution in [2.75, 3.05) is 26.7 Å². The van der Waals surface area contributed by atoms with Crippen molar-refractivity contribution in [2.24, 2.45) is 5.92 Å². The van der Waals surface area contributed by atoms with Crippen molar-refractivity contribution in [3.05, 3.63) is 18.0 Å². The number of hydrogen-bond acceptors (Lipinski definition) is 3. The number of rotatable bonds is 10. The fourth-order valence-electron chi connectivity index (χ4n) is 2.42. The quantitative estimate of drug-likeness (QED) is 0.676. The van der Waals surface area contributed by atoms with E-state index in [2.05, 4.69) is 49.2 Å². The van der Waals surface area contributed by atoms with Crippen LogP contribution < -0.4 is 5.32 Å². The number of hydrogen-bond donors (Lipinski definition) is 1. The van der Waals surface area contributed by atoms with Gasteiger partial charge in [-0.15, -0.1) is 0 Å². The molecule has 0 atom stereocenters. The van der Waals surface area contributed by atoms with Crippen molar-refractivity contribution >= 4 is 5.91 Å². The number of carbonyl (C=O) groups excluding carboxylic acids is 1. The molecule has 5 nitrogen and oxygen atoms in total. The van der Waals surface area contributed by atoms with Crippen LogP contribution in [0.2, 0.25) is 0 Å². The smallest absolute Gasteiger partial charge is 0.234 e. The lowest BCUT2D eigenvalue weighted by Crippen LogP contribution is -2.37. The van der Waals surface area contributed by atoms with Crippen molar-refractivity contribution in [3.8, 4) is 0 Å². The molecule has 5 heteroatoms. The first-order valence-corrected chi connectivity index (χ1v) is 8.36. The molecule has 0 aliphatic heterocycles. The number of nitrogens with one attached hydrogen (secondary N) is 1. The zero-order chi connectivity index (χ0) is 16.5. The van der Waals surface area contributed by atoms with Crippen LogP contribution in [0.5, 0.6) is 0 Å². The van der Waals surface area contributed by atoms with Gasteiger partial charge >= 0.3 is 0 Å². The van der Waals surface area contributed by atoms with Crippen LogP contribution in [-0.4, -0.2) is 47.3 Å². The van der Waals surface area contributed by atoms with E-state index in [1.54, 1.807) is 0 Å². The Balaban J connectivity index is 2.10. The van der Waals surface area contributed by atoms with Crippen LogP contribution in [0.15, 0.2) is 12.4 Å². The van der Waals surface area contributed by atoms with Crippen molar-refractivity contribution in [2.45, 2.75) is 53.0 Å². The fraction of sp³-hybridized carbons (Fsp3) is 0.765. The predicted molar refractivity (Wildman–Crippen MR) is 90.9 cm³/mol. The maximum Gasteiger partial charge on any atom is 0.234 e. The zero-order valence-electron chi connectivity index (χ0n) is 14.8. The summed E-state index contributed by atoms with van der Waals surface area (Å²) < 4.78 is 1.99. The molecule has 1 rings (SSSR count). The lowest BCUT2D eigenvalue weighted by atomic mass is 10.1. The molecule has 0 aromatic carbocycles. The summed E-state index contributed by atoms with van der Waals surface area (Å²) in [5, 5.41) is 7.35. The van der Waals surface area contributed by atoms with E-state index >= 15 is 0 Å². The highest BCUT2D eigenvalue weighted by Crippen LogP contribution is 2.12. The van der Waals surface area contributed by atoms with Gasteiger partial charge in [-0.05, 0) is 37.3 Å². The van der Waals surface area contributed by atoms with Gasteiger partial charge in [-0.2, -0.15) is 5.10 Å². The number of aryl methyl sites for hydroxylation is 1. The molecule has 22 heavy (non-hydrogen) atoms. The second kappa shape index (κ2) is 9.62. The van der Waals surface area contributed by atoms with Gasteiger partial charge in [-0.3, -0.25) is 14.4 Å². The number of carbonyl (C=O) groups is 1. The third-order valence-corrected chi connectivity index (χ3v) is 3.55. The van der Waals surface area contributed by atoms with Gasteiger partial charge in [0.2, 0.25) is 5.91 Å². The molecule has 0 aliphatic rings. The number of likely N-dealkylation sites (N-methyl/N-ethyl adjacent to an activating group) is 1. The first kappa shape index (κ1) is 18.7. The molecule has 0 aliphatic carbocycles. The minimum Gasteiger partial charge on any atom is -0.355 e. The third-order valence-electron chi connectivity index (χ3n) is 3.55. The number of nitrogens with zero attached hydrogens (tertiary/aromatic N) is 3. The van der Waals surface area contributed by atoms with E-state index in [4.69, 9.17) is 0 Å². The molecule has 1 aromatic rings. The summed E-state index contributed by atoms with van der Waals surface area (Å²) in [5.74, 6) is 1.22. The van der Waals surface area contributed by atoms with Crippen molar-refractivity contribution in [1.29, 1.82) is 0 Å². The van der Waals surface area contributed by atoms with Gasteiger partial charge in [0.05, 0.1) is 12.7 Å². The summed E-state index contributed by atoms with van der Waals surface area (Å²) in [7, 11) is 1.99. The highest BCUT2D eigenvalue weighted by Gasteiger charge is 2.07. The maximum atomic E-state index is 11.8. The molecule has 0 saturated heterocycles. The van der Waals surface area contributed by atoms with Gasteiger partial charge in [0, 0.05) is 25.8 Å². The Labute approximate surface area is 135 Å². The fourth-order valence-corrected chi connectivity index (χ4v) is 2.42. The number of unbranched alkanes of at least 4 members (excludes halogenated alkanes) is 1. The molecule has 0 bridgehead atoms. The average Bonchev–Trinajstić information content (AvgIpc) is 2.86. The summed E-state index contributed by atoms with van der Waals surface area (Å²) in [6.07, 6.45) is 6.07. The van der Waals surface area contributed by atoms with Gasteiger partial charge in [0.1, 0.15) is 0 Å². The summed E-state index contributed by atoms with van der Waals surface area (Å²) in [6, 6.07) is 0. The first-order valence-electron chi connectivity index (χ1n) is 8.36. The van der Waals surface area contributed by atoms with E-state index in [0.29, 0.717) is 18.4 Å². The van der Waals surface area contributed by atoms with Gasteiger partial charge in [-0.25, -0.2) is 0 Å². The molecule has 0 saturated carbocycles. The maximum absolute atomic E-state index is 11.8. The van der Waals surface area contributed by atoms with E-state index in [0.717, 1.165) is 32.5 Å². The van der Waals surface area contributed by atoms with E-state index in [-0.39, 0.29) is 5.91 Å². The zero-order valence-corrected chi connectivity index (χ0v) is 14.8. The van der Waals surface area contributed by atoms with Crippen LogP contribution in [0.1, 0.15) is 52.0 Å². The Hall–Kier alpha value is -1.36. The Morgan fingerprint density at radius 2 is 2.05 bits per heavy atom. The normalized spacial score (nSPS) is 11.6. The SMILES string of the molecule is CC(C)CN(C)CC(=O)NCCCCn1cc(C(C)C)cn1. The predicted octanol–water partition coefficient (Wildman–Crippen LogP) is 2.49. The molecule has 0 unspecified atom stereocenters. The van der Waals surface area contributed by atoms with Gasteiger partial charge in [0.15, 0.2) is 0 Å². The molecule has 1 aromatic heterocycles. The number of amides is 1. The second-order valence-corrected chi connectivity index (χ2v) is 6.84. The highest BCUT2D eigenvalue weighted by atomic mass is 16.2. The molecular weight excluding hydrogens is 276 g/mol. The first-order chi connectivity index (χ1) is 10.4. The van der Waals surface area contributed by atoms with E-state index in [9.17, 15) is 4.79 Å². The standard InChI is InChI=1S/C17H32N4O/c1-14(2)11-20(5)13-17(22)18-8-6-7-9-21-12-16(10-19-21)15(3)4/h10,12,14-15H,6-9,11,13H2,1-5H3,(H,18,22). The van der Waals surface area contributed by atoms with Crippen LogP contribution in [0.4, 0.5) is 0 Å². The molecule has 126 valence electrons. The van der Waals surface area contributed by atoms with Crippen molar-refractivity contribution in [3.63, 3.8) is 0 Å². The van der Waals surface area contributed by atoms with Crippen LogP contribution >= 0.6 is 0 Å². The van der Waals surface area contributed by atoms with Crippen molar-refractivity contribution in [1.82, 2.24) is 20.0 Å². The Morgan fingerprint density at radius 1 is 1.32 bits per heavy atom. The Bertz CT molecular complexity index is 440. The highest BCUT2D eigenvalue weighted by molar-refractivity contribution is 5.77. The lowest BCUT2D eigenvalue weighted by molar-refractivity contribution is -0.122. The summed E-state index contributed by atoms with van der Waals surface area (Å²) in [5.41, 5.74) is 1.28. The molecule has 1 N–H and O–H groups in total. The third kappa shape index (κ3) is 7.59. The van der Waals surface area contributed by atoms with Crippen LogP contribution in [-0.2, 0) is 11.3 Å². The molecule has 0 fully saturated rings. The van der Waals surface area contributed by atoms with Crippen LogP contribution in [0.3, 0.4) is 0 Å². The van der Waals surface area contributed by atoms with Gasteiger partial charge < -0.3 is 5.32 Å². The minimum absolute atomic E-state index is 0.115. The Kier molecular flexibility index (Phi) is 8.17. The molecule has 0 radical (unpaired) electrons. The van der Waals surface area contributed by atoms with E-state index in [1.165, 1.54) is 5.56 Å². The summed E-state index contributed by atoms with van der Waals surface area (Å²) in [6.45, 7) is 11.8. The average molecular weight is 308 g/mol. The lowest BCUT2D eigenvalue weighted by Gasteiger charge is -2.18. The molecule has 0 spiro atoms. The summed E-state index contributed by atoms with van der Waals surface area (Å²) >= 11 is 0. The van der Waals surface area contributed by atoms with Crippen LogP contribution in [0, 0.1) is 5.92 Å². The monoisotopic (exact) mass is 308 g/mol. The van der Waals surface area contributed by atoms with E-state index < -0.39 is 0 Å². The van der Waals surface area contributed by atoms with Crippen LogP contribution in [0.25, 0.3) is 0 Å². The van der Waals surface area contributed by atoms with Gasteiger partial charge in [-0.1, -0.05) is 27.7 Å². The van der Waals surface area contributed by atoms with E-state index in [1.807, 2.05) is 17.9 Å². The topological polar surface area (TPSA) is 50.2 Å². The van der Waals surface area contributed by atoms with Gasteiger partial charge in [0.25, 0.3) is 0 Å². The molecule has 1 amide bonds. The Morgan fingerprint density at radius 3 is 2.64 bits per heavy atom.